The van der Waals surface area contributed by atoms with Crippen molar-refractivity contribution in [2.24, 2.45) is 5.92 Å². The van der Waals surface area contributed by atoms with Gasteiger partial charge in [-0.05, 0) is 49.3 Å². The van der Waals surface area contributed by atoms with E-state index in [1.807, 2.05) is 6.07 Å². The van der Waals surface area contributed by atoms with E-state index in [-0.39, 0.29) is 0 Å². The lowest BCUT2D eigenvalue weighted by Crippen LogP contribution is -2.42. The molecule has 0 aromatic heterocycles. The van der Waals surface area contributed by atoms with Crippen LogP contribution in [0.15, 0.2) is 18.2 Å². The minimum Gasteiger partial charge on any atom is -0.398 e. The lowest BCUT2D eigenvalue weighted by Gasteiger charge is -2.39. The third-order valence-electron chi connectivity index (χ3n) is 5.24. The second-order valence-electron chi connectivity index (χ2n) is 6.34. The molecule has 1 atom stereocenters. The van der Waals surface area contributed by atoms with Crippen molar-refractivity contribution in [2.45, 2.75) is 58.0 Å². The van der Waals surface area contributed by atoms with Gasteiger partial charge in [-0.3, -0.25) is 4.90 Å². The zero-order chi connectivity index (χ0) is 13.2. The SMILES string of the molecule is CC(C1CCCCC1)N1CCc2c(N)cccc2C1. The van der Waals surface area contributed by atoms with Gasteiger partial charge in [0.2, 0.25) is 0 Å². The molecular weight excluding hydrogens is 232 g/mol. The van der Waals surface area contributed by atoms with E-state index in [0.717, 1.165) is 30.6 Å². The van der Waals surface area contributed by atoms with Gasteiger partial charge < -0.3 is 5.73 Å². The predicted molar refractivity (Wildman–Crippen MR) is 81.0 cm³/mol. The number of anilines is 1. The van der Waals surface area contributed by atoms with Crippen molar-refractivity contribution >= 4 is 5.69 Å². The van der Waals surface area contributed by atoms with Crippen molar-refractivity contribution in [3.8, 4) is 0 Å². The van der Waals surface area contributed by atoms with Crippen LogP contribution < -0.4 is 5.73 Å². The average Bonchev–Trinajstić information content (AvgIpc) is 2.47. The van der Waals surface area contributed by atoms with Gasteiger partial charge >= 0.3 is 0 Å². The van der Waals surface area contributed by atoms with E-state index in [9.17, 15) is 0 Å². The Bertz CT molecular complexity index is 435. The molecule has 2 aliphatic rings. The smallest absolute Gasteiger partial charge is 0.0350 e. The summed E-state index contributed by atoms with van der Waals surface area (Å²) in [5, 5.41) is 0. The highest BCUT2D eigenvalue weighted by molar-refractivity contribution is 5.51. The van der Waals surface area contributed by atoms with E-state index in [4.69, 9.17) is 5.73 Å². The van der Waals surface area contributed by atoms with Gasteiger partial charge in [0.05, 0.1) is 0 Å². The monoisotopic (exact) mass is 258 g/mol. The molecule has 0 spiro atoms. The normalized spacial score (nSPS) is 23.0. The van der Waals surface area contributed by atoms with E-state index < -0.39 is 0 Å². The lowest BCUT2D eigenvalue weighted by atomic mass is 9.83. The largest absolute Gasteiger partial charge is 0.398 e. The summed E-state index contributed by atoms with van der Waals surface area (Å²) in [5.74, 6) is 0.913. The molecule has 19 heavy (non-hydrogen) atoms. The van der Waals surface area contributed by atoms with E-state index in [1.165, 1.54) is 49.8 Å². The number of benzene rings is 1. The Labute approximate surface area is 117 Å². The molecule has 2 nitrogen and oxygen atoms in total. The standard InChI is InChI=1S/C17H26N2/c1-13(14-6-3-2-4-7-14)19-11-10-16-15(12-19)8-5-9-17(16)18/h5,8-9,13-14H,2-4,6-7,10-12,18H2,1H3. The zero-order valence-electron chi connectivity index (χ0n) is 12.1. The summed E-state index contributed by atoms with van der Waals surface area (Å²) in [4.78, 5) is 2.68. The molecule has 1 fully saturated rings. The predicted octanol–water partition coefficient (Wildman–Crippen LogP) is 3.60. The van der Waals surface area contributed by atoms with Gasteiger partial charge in [0, 0.05) is 24.8 Å². The van der Waals surface area contributed by atoms with E-state index in [1.54, 1.807) is 0 Å². The van der Waals surface area contributed by atoms with Crippen LogP contribution in [0.5, 0.6) is 0 Å². The van der Waals surface area contributed by atoms with Crippen LogP contribution >= 0.6 is 0 Å². The van der Waals surface area contributed by atoms with Crippen LogP contribution in [0.3, 0.4) is 0 Å². The molecule has 3 rings (SSSR count). The molecule has 0 saturated heterocycles. The average molecular weight is 258 g/mol. The van der Waals surface area contributed by atoms with Crippen LogP contribution in [0.2, 0.25) is 0 Å². The fourth-order valence-corrected chi connectivity index (χ4v) is 3.92. The molecule has 2 heteroatoms. The van der Waals surface area contributed by atoms with Gasteiger partial charge in [-0.15, -0.1) is 0 Å². The molecule has 1 aliphatic heterocycles. The molecule has 0 bridgehead atoms. The fraction of sp³-hybridized carbons (Fsp3) is 0.647. The summed E-state index contributed by atoms with van der Waals surface area (Å²) in [5.41, 5.74) is 9.93. The molecule has 1 saturated carbocycles. The van der Waals surface area contributed by atoms with E-state index in [2.05, 4.69) is 24.0 Å². The number of nitrogen functional groups attached to an aromatic ring is 1. The molecule has 1 aromatic rings. The Kier molecular flexibility index (Phi) is 3.79. The first kappa shape index (κ1) is 13.0. The summed E-state index contributed by atoms with van der Waals surface area (Å²) in [7, 11) is 0. The van der Waals surface area contributed by atoms with Gasteiger partial charge in [0.15, 0.2) is 0 Å². The minimum atomic E-state index is 0.731. The van der Waals surface area contributed by atoms with Crippen LogP contribution in [-0.4, -0.2) is 17.5 Å². The van der Waals surface area contributed by atoms with Crippen molar-refractivity contribution in [1.82, 2.24) is 4.90 Å². The molecule has 104 valence electrons. The Morgan fingerprint density at radius 2 is 2.00 bits per heavy atom. The maximum absolute atomic E-state index is 6.09. The third-order valence-corrected chi connectivity index (χ3v) is 5.24. The Morgan fingerprint density at radius 1 is 1.21 bits per heavy atom. The molecule has 1 aromatic carbocycles. The lowest BCUT2D eigenvalue weighted by molar-refractivity contribution is 0.117. The molecule has 1 aliphatic carbocycles. The van der Waals surface area contributed by atoms with Crippen LogP contribution in [0, 0.1) is 5.92 Å². The van der Waals surface area contributed by atoms with Gasteiger partial charge in [-0.1, -0.05) is 31.4 Å². The summed E-state index contributed by atoms with van der Waals surface area (Å²) >= 11 is 0. The number of hydrogen-bond donors (Lipinski definition) is 1. The van der Waals surface area contributed by atoms with Crippen molar-refractivity contribution < 1.29 is 0 Å². The Morgan fingerprint density at radius 3 is 2.79 bits per heavy atom. The third kappa shape index (κ3) is 2.64. The van der Waals surface area contributed by atoms with Gasteiger partial charge in [0.25, 0.3) is 0 Å². The van der Waals surface area contributed by atoms with Crippen LogP contribution in [0.1, 0.15) is 50.2 Å². The first-order chi connectivity index (χ1) is 9.25. The molecule has 1 unspecified atom stereocenters. The number of nitrogens with zero attached hydrogens (tertiary/aromatic N) is 1. The van der Waals surface area contributed by atoms with Gasteiger partial charge in [-0.25, -0.2) is 0 Å². The van der Waals surface area contributed by atoms with Crippen molar-refractivity contribution in [3.05, 3.63) is 29.3 Å². The van der Waals surface area contributed by atoms with Crippen molar-refractivity contribution in [2.75, 3.05) is 12.3 Å². The van der Waals surface area contributed by atoms with Gasteiger partial charge in [-0.2, -0.15) is 0 Å². The second-order valence-corrected chi connectivity index (χ2v) is 6.34. The van der Waals surface area contributed by atoms with E-state index in [0.29, 0.717) is 0 Å². The summed E-state index contributed by atoms with van der Waals surface area (Å²) < 4.78 is 0. The topological polar surface area (TPSA) is 29.3 Å². The number of rotatable bonds is 2. The highest BCUT2D eigenvalue weighted by Gasteiger charge is 2.28. The number of fused-ring (bicyclic) bond motifs is 1. The van der Waals surface area contributed by atoms with Crippen LogP contribution in [0.4, 0.5) is 5.69 Å². The molecule has 2 N–H and O–H groups in total. The summed E-state index contributed by atoms with van der Waals surface area (Å²) in [6, 6.07) is 7.13. The maximum atomic E-state index is 6.09. The van der Waals surface area contributed by atoms with Crippen molar-refractivity contribution in [1.29, 1.82) is 0 Å². The number of nitrogens with two attached hydrogens (primary N) is 1. The van der Waals surface area contributed by atoms with Crippen LogP contribution in [-0.2, 0) is 13.0 Å². The van der Waals surface area contributed by atoms with E-state index >= 15 is 0 Å². The second kappa shape index (κ2) is 5.54. The Balaban J connectivity index is 1.71. The quantitative estimate of drug-likeness (QED) is 0.821. The van der Waals surface area contributed by atoms with Crippen molar-refractivity contribution in [3.63, 3.8) is 0 Å². The molecule has 0 amide bonds. The molecule has 1 heterocycles. The summed E-state index contributed by atoms with van der Waals surface area (Å²) in [6.07, 6.45) is 8.31. The maximum Gasteiger partial charge on any atom is 0.0350 e. The first-order valence-electron chi connectivity index (χ1n) is 7.86. The molecular formula is C17H26N2. The molecule has 0 radical (unpaired) electrons. The Hall–Kier alpha value is -1.02. The highest BCUT2D eigenvalue weighted by atomic mass is 15.2. The van der Waals surface area contributed by atoms with Gasteiger partial charge in [0.1, 0.15) is 0 Å². The fourth-order valence-electron chi connectivity index (χ4n) is 3.92. The zero-order valence-corrected chi connectivity index (χ0v) is 12.1. The van der Waals surface area contributed by atoms with Crippen LogP contribution in [0.25, 0.3) is 0 Å². The number of hydrogen-bond acceptors (Lipinski definition) is 2. The summed E-state index contributed by atoms with van der Waals surface area (Å²) in [6.45, 7) is 4.71. The first-order valence-corrected chi connectivity index (χ1v) is 7.86. The minimum absolute atomic E-state index is 0.731. The highest BCUT2D eigenvalue weighted by Crippen LogP contribution is 2.32.